The molecule has 1 heterocycles. The number of rotatable bonds is 4. The van der Waals surface area contributed by atoms with Gasteiger partial charge in [0.15, 0.2) is 0 Å². The first kappa shape index (κ1) is 19.3. The maximum absolute atomic E-state index is 13.0. The normalized spacial score (nSPS) is 10.4. The van der Waals surface area contributed by atoms with E-state index in [0.717, 1.165) is 22.4 Å². The molecule has 0 atom stereocenters. The van der Waals surface area contributed by atoms with Crippen LogP contribution >= 0.6 is 0 Å². The number of benzene rings is 2. The molecule has 0 radical (unpaired) electrons. The number of methoxy groups -OCH3 is 1. The smallest absolute Gasteiger partial charge is 0.338 e. The summed E-state index contributed by atoms with van der Waals surface area (Å²) in [4.78, 5) is 29.5. The number of amides is 1. The molecule has 0 unspecified atom stereocenters. The van der Waals surface area contributed by atoms with Gasteiger partial charge in [0.1, 0.15) is 5.69 Å². The molecular formula is C23H22N2O3. The number of pyridine rings is 1. The Bertz CT molecular complexity index is 1040. The number of aromatic nitrogens is 1. The minimum absolute atomic E-state index is 0.316. The molecule has 1 amide bonds. The first-order chi connectivity index (χ1) is 13.4. The standard InChI is InChI=1S/C23H22N2O3/c1-14-10-12-18(23(27)28-4)16(3)20(14)25-22(26)21-15(2)11-13-19(24-21)17-8-6-5-7-9-17/h5-13H,1-4H3,(H,25,26). The van der Waals surface area contributed by atoms with E-state index in [1.54, 1.807) is 19.1 Å². The second kappa shape index (κ2) is 8.05. The lowest BCUT2D eigenvalue weighted by Crippen LogP contribution is -2.18. The molecule has 5 nitrogen and oxygen atoms in total. The monoisotopic (exact) mass is 374 g/mol. The van der Waals surface area contributed by atoms with Crippen LogP contribution in [0.5, 0.6) is 0 Å². The van der Waals surface area contributed by atoms with Gasteiger partial charge in [-0.2, -0.15) is 0 Å². The van der Waals surface area contributed by atoms with Crippen LogP contribution in [0.1, 0.15) is 37.5 Å². The Morgan fingerprint density at radius 2 is 1.57 bits per heavy atom. The molecule has 3 aromatic rings. The first-order valence-corrected chi connectivity index (χ1v) is 8.95. The summed E-state index contributed by atoms with van der Waals surface area (Å²) < 4.78 is 4.82. The van der Waals surface area contributed by atoms with Crippen molar-refractivity contribution < 1.29 is 14.3 Å². The Morgan fingerprint density at radius 3 is 2.25 bits per heavy atom. The van der Waals surface area contributed by atoms with E-state index in [1.165, 1.54) is 7.11 Å². The minimum atomic E-state index is -0.437. The fraction of sp³-hybridized carbons (Fsp3) is 0.174. The third-order valence-electron chi connectivity index (χ3n) is 4.70. The summed E-state index contributed by atoms with van der Waals surface area (Å²) >= 11 is 0. The van der Waals surface area contributed by atoms with Crippen molar-refractivity contribution in [3.8, 4) is 11.3 Å². The highest BCUT2D eigenvalue weighted by Gasteiger charge is 2.18. The second-order valence-corrected chi connectivity index (χ2v) is 6.60. The van der Waals surface area contributed by atoms with Crippen LogP contribution < -0.4 is 5.32 Å². The highest BCUT2D eigenvalue weighted by atomic mass is 16.5. The lowest BCUT2D eigenvalue weighted by molar-refractivity contribution is 0.0599. The number of carbonyl (C=O) groups is 2. The van der Waals surface area contributed by atoms with Crippen molar-refractivity contribution in [3.63, 3.8) is 0 Å². The van der Waals surface area contributed by atoms with E-state index < -0.39 is 5.97 Å². The average Bonchev–Trinajstić information content (AvgIpc) is 2.71. The van der Waals surface area contributed by atoms with Crippen molar-refractivity contribution in [2.75, 3.05) is 12.4 Å². The van der Waals surface area contributed by atoms with Gasteiger partial charge in [-0.05, 0) is 49.6 Å². The predicted octanol–water partition coefficient (Wildman–Crippen LogP) is 4.71. The Balaban J connectivity index is 1.97. The molecular weight excluding hydrogens is 352 g/mol. The molecule has 0 fully saturated rings. The van der Waals surface area contributed by atoms with Gasteiger partial charge >= 0.3 is 5.97 Å². The van der Waals surface area contributed by atoms with Gasteiger partial charge in [0, 0.05) is 11.3 Å². The van der Waals surface area contributed by atoms with Crippen molar-refractivity contribution in [3.05, 3.63) is 82.5 Å². The van der Waals surface area contributed by atoms with E-state index in [-0.39, 0.29) is 5.91 Å². The minimum Gasteiger partial charge on any atom is -0.465 e. The maximum atomic E-state index is 13.0. The van der Waals surface area contributed by atoms with E-state index in [0.29, 0.717) is 22.5 Å². The zero-order valence-electron chi connectivity index (χ0n) is 16.4. The van der Waals surface area contributed by atoms with Crippen LogP contribution in [0.2, 0.25) is 0 Å². The highest BCUT2D eigenvalue weighted by Crippen LogP contribution is 2.26. The van der Waals surface area contributed by atoms with E-state index in [9.17, 15) is 9.59 Å². The number of nitrogens with one attached hydrogen (secondary N) is 1. The largest absolute Gasteiger partial charge is 0.465 e. The number of ether oxygens (including phenoxy) is 1. The molecule has 0 spiro atoms. The van der Waals surface area contributed by atoms with Gasteiger partial charge in [0.05, 0.1) is 18.4 Å². The number of carbonyl (C=O) groups excluding carboxylic acids is 2. The topological polar surface area (TPSA) is 68.3 Å². The van der Waals surface area contributed by atoms with Gasteiger partial charge in [-0.15, -0.1) is 0 Å². The lowest BCUT2D eigenvalue weighted by Gasteiger charge is -2.15. The van der Waals surface area contributed by atoms with Gasteiger partial charge in [-0.3, -0.25) is 4.79 Å². The summed E-state index contributed by atoms with van der Waals surface area (Å²) in [6.45, 7) is 5.52. The van der Waals surface area contributed by atoms with Crippen LogP contribution in [0.3, 0.4) is 0 Å². The fourth-order valence-electron chi connectivity index (χ4n) is 3.07. The zero-order chi connectivity index (χ0) is 20.3. The van der Waals surface area contributed by atoms with E-state index in [4.69, 9.17) is 4.74 Å². The van der Waals surface area contributed by atoms with Crippen LogP contribution in [-0.4, -0.2) is 24.0 Å². The fourth-order valence-corrected chi connectivity index (χ4v) is 3.07. The van der Waals surface area contributed by atoms with Gasteiger partial charge in [0.25, 0.3) is 5.91 Å². The van der Waals surface area contributed by atoms with Gasteiger partial charge < -0.3 is 10.1 Å². The number of esters is 1. The molecule has 0 aliphatic rings. The molecule has 5 heteroatoms. The van der Waals surface area contributed by atoms with Crippen LogP contribution in [-0.2, 0) is 4.74 Å². The Morgan fingerprint density at radius 1 is 0.893 bits per heavy atom. The second-order valence-electron chi connectivity index (χ2n) is 6.60. The maximum Gasteiger partial charge on any atom is 0.338 e. The van der Waals surface area contributed by atoms with E-state index in [1.807, 2.05) is 56.3 Å². The highest BCUT2D eigenvalue weighted by molar-refractivity contribution is 6.06. The molecule has 0 saturated carbocycles. The van der Waals surface area contributed by atoms with Crippen molar-refractivity contribution in [2.24, 2.45) is 0 Å². The third kappa shape index (κ3) is 3.78. The van der Waals surface area contributed by atoms with Gasteiger partial charge in [-0.1, -0.05) is 42.5 Å². The van der Waals surface area contributed by atoms with Crippen LogP contribution in [0.15, 0.2) is 54.6 Å². The van der Waals surface area contributed by atoms with Crippen LogP contribution in [0.25, 0.3) is 11.3 Å². The Hall–Kier alpha value is -3.47. The van der Waals surface area contributed by atoms with Crippen molar-refractivity contribution >= 4 is 17.6 Å². The number of hydrogen-bond donors (Lipinski definition) is 1. The number of anilines is 1. The molecule has 28 heavy (non-hydrogen) atoms. The van der Waals surface area contributed by atoms with Gasteiger partial charge in [0.2, 0.25) is 0 Å². The lowest BCUT2D eigenvalue weighted by atomic mass is 10.0. The molecule has 2 aromatic carbocycles. The Labute approximate surface area is 164 Å². The van der Waals surface area contributed by atoms with Crippen molar-refractivity contribution in [2.45, 2.75) is 20.8 Å². The average molecular weight is 374 g/mol. The summed E-state index contributed by atoms with van der Waals surface area (Å²) in [5.41, 5.74) is 5.34. The van der Waals surface area contributed by atoms with Gasteiger partial charge in [-0.25, -0.2) is 9.78 Å². The molecule has 0 aliphatic heterocycles. The summed E-state index contributed by atoms with van der Waals surface area (Å²) in [6, 6.07) is 17.0. The SMILES string of the molecule is COC(=O)c1ccc(C)c(NC(=O)c2nc(-c3ccccc3)ccc2C)c1C. The molecule has 1 aromatic heterocycles. The number of aryl methyl sites for hydroxylation is 2. The summed E-state index contributed by atoms with van der Waals surface area (Å²) in [7, 11) is 1.34. The molecule has 142 valence electrons. The molecule has 1 N–H and O–H groups in total. The summed E-state index contributed by atoms with van der Waals surface area (Å²) in [5.74, 6) is -0.753. The quantitative estimate of drug-likeness (QED) is 0.672. The van der Waals surface area contributed by atoms with E-state index in [2.05, 4.69) is 10.3 Å². The molecule has 0 saturated heterocycles. The van der Waals surface area contributed by atoms with Crippen LogP contribution in [0, 0.1) is 20.8 Å². The zero-order valence-corrected chi connectivity index (χ0v) is 16.4. The first-order valence-electron chi connectivity index (χ1n) is 8.95. The summed E-state index contributed by atoms with van der Waals surface area (Å²) in [6.07, 6.45) is 0. The van der Waals surface area contributed by atoms with Crippen molar-refractivity contribution in [1.29, 1.82) is 0 Å². The number of hydrogen-bond acceptors (Lipinski definition) is 4. The predicted molar refractivity (Wildman–Crippen MR) is 110 cm³/mol. The molecule has 0 bridgehead atoms. The van der Waals surface area contributed by atoms with Crippen molar-refractivity contribution in [1.82, 2.24) is 4.98 Å². The van der Waals surface area contributed by atoms with Crippen LogP contribution in [0.4, 0.5) is 5.69 Å². The molecule has 3 rings (SSSR count). The molecule has 0 aliphatic carbocycles. The third-order valence-corrected chi connectivity index (χ3v) is 4.70. The number of nitrogens with zero attached hydrogens (tertiary/aromatic N) is 1. The summed E-state index contributed by atoms with van der Waals surface area (Å²) in [5, 5.41) is 2.92. The van der Waals surface area contributed by atoms with E-state index >= 15 is 0 Å². The Kier molecular flexibility index (Phi) is 5.54.